The smallest absolute Gasteiger partial charge is 0.249 e. The summed E-state index contributed by atoms with van der Waals surface area (Å²) in [5.74, 6) is -0.936. The number of nitrogens with one attached hydrogen (secondary N) is 2. The van der Waals surface area contributed by atoms with Crippen molar-refractivity contribution in [2.75, 3.05) is 39.9 Å². The van der Waals surface area contributed by atoms with Crippen LogP contribution in [0, 0.1) is 0 Å². The van der Waals surface area contributed by atoms with Gasteiger partial charge in [0.2, 0.25) is 17.7 Å². The van der Waals surface area contributed by atoms with Gasteiger partial charge < -0.3 is 30.3 Å². The fraction of sp³-hybridized carbons (Fsp3) is 0.485. The summed E-state index contributed by atoms with van der Waals surface area (Å²) in [5, 5.41) is 20.0. The molecule has 0 radical (unpaired) electrons. The van der Waals surface area contributed by atoms with Gasteiger partial charge in [0.25, 0.3) is 0 Å². The standard InChI is InChI=1S/C33H44N4O5S/c1-4-37(29(19-28-12-8-16-43-28)32(40)35-20-23(2)38)33(41)30(18-24-13-14-25-9-5-6-10-26(25)17-24)36(3)31(39)22-42-21-27-11-7-15-34-27/h5-6,8-10,12-14,16-17,23,27,29-30,34,38H,4,7,11,15,18-22H2,1-3H3,(H,35,40)/t23-,27+,29-,30-/m1/s1. The number of aliphatic hydroxyl groups excluding tert-OH is 1. The molecule has 1 saturated heterocycles. The summed E-state index contributed by atoms with van der Waals surface area (Å²) >= 11 is 1.52. The summed E-state index contributed by atoms with van der Waals surface area (Å²) < 4.78 is 5.77. The second-order valence-corrected chi connectivity index (χ2v) is 12.3. The maximum Gasteiger partial charge on any atom is 0.249 e. The fourth-order valence-electron chi connectivity index (χ4n) is 5.49. The summed E-state index contributed by atoms with van der Waals surface area (Å²) in [6.45, 7) is 5.06. The number of hydrogen-bond acceptors (Lipinski definition) is 7. The number of aliphatic hydroxyl groups is 1. The average Bonchev–Trinajstić information content (AvgIpc) is 3.73. The Hall–Kier alpha value is -3.31. The lowest BCUT2D eigenvalue weighted by Gasteiger charge is -2.36. The number of benzene rings is 2. The molecule has 1 fully saturated rings. The number of fused-ring (bicyclic) bond motifs is 1. The van der Waals surface area contributed by atoms with Crippen molar-refractivity contribution in [2.24, 2.45) is 0 Å². The minimum Gasteiger partial charge on any atom is -0.392 e. The molecule has 4 atom stereocenters. The van der Waals surface area contributed by atoms with E-state index in [1.165, 1.54) is 16.2 Å². The van der Waals surface area contributed by atoms with Crippen LogP contribution in [0.2, 0.25) is 0 Å². The number of hydrogen-bond donors (Lipinski definition) is 3. The third-order valence-corrected chi connectivity index (χ3v) is 8.84. The van der Waals surface area contributed by atoms with Crippen LogP contribution in [-0.4, -0.2) is 96.8 Å². The molecule has 1 aliphatic heterocycles. The van der Waals surface area contributed by atoms with Crippen molar-refractivity contribution < 1.29 is 24.2 Å². The summed E-state index contributed by atoms with van der Waals surface area (Å²) in [6, 6.07) is 16.5. The molecular weight excluding hydrogens is 564 g/mol. The van der Waals surface area contributed by atoms with Gasteiger partial charge in [0.15, 0.2) is 0 Å². The molecule has 3 aromatic rings. The van der Waals surface area contributed by atoms with Gasteiger partial charge in [-0.05, 0) is 61.0 Å². The highest BCUT2D eigenvalue weighted by Crippen LogP contribution is 2.21. The van der Waals surface area contributed by atoms with Crippen molar-refractivity contribution in [2.45, 2.75) is 63.8 Å². The van der Waals surface area contributed by atoms with E-state index in [9.17, 15) is 19.5 Å². The van der Waals surface area contributed by atoms with Crippen LogP contribution >= 0.6 is 11.3 Å². The van der Waals surface area contributed by atoms with Crippen LogP contribution in [0.1, 0.15) is 37.1 Å². The fourth-order valence-corrected chi connectivity index (χ4v) is 6.24. The molecule has 0 saturated carbocycles. The second kappa shape index (κ2) is 16.0. The van der Waals surface area contributed by atoms with Gasteiger partial charge in [-0.15, -0.1) is 11.3 Å². The Morgan fingerprint density at radius 2 is 1.88 bits per heavy atom. The van der Waals surface area contributed by atoms with Crippen LogP contribution in [-0.2, 0) is 32.0 Å². The van der Waals surface area contributed by atoms with Gasteiger partial charge in [-0.2, -0.15) is 0 Å². The van der Waals surface area contributed by atoms with Crippen LogP contribution in [0.3, 0.4) is 0 Å². The highest BCUT2D eigenvalue weighted by Gasteiger charge is 2.36. The van der Waals surface area contributed by atoms with Gasteiger partial charge in [0.05, 0.1) is 12.7 Å². The SMILES string of the molecule is CCN(C(=O)[C@@H](Cc1ccc2ccccc2c1)N(C)C(=O)COC[C@@H]1CCCN1)[C@H](Cc1cccs1)C(=O)NC[C@@H](C)O. The molecule has 1 aliphatic rings. The third kappa shape index (κ3) is 9.09. The highest BCUT2D eigenvalue weighted by atomic mass is 32.1. The summed E-state index contributed by atoms with van der Waals surface area (Å²) in [6.07, 6.45) is 2.01. The molecule has 10 heteroatoms. The predicted molar refractivity (Wildman–Crippen MR) is 170 cm³/mol. The molecule has 232 valence electrons. The lowest BCUT2D eigenvalue weighted by molar-refractivity contribution is -0.150. The van der Waals surface area contributed by atoms with Crippen molar-refractivity contribution in [1.29, 1.82) is 0 Å². The van der Waals surface area contributed by atoms with E-state index in [0.29, 0.717) is 13.0 Å². The van der Waals surface area contributed by atoms with E-state index in [0.717, 1.165) is 40.6 Å². The van der Waals surface area contributed by atoms with Crippen LogP contribution in [0.5, 0.6) is 0 Å². The Bertz CT molecular complexity index is 1340. The van der Waals surface area contributed by atoms with Gasteiger partial charge in [-0.1, -0.05) is 48.5 Å². The van der Waals surface area contributed by atoms with E-state index in [1.807, 2.05) is 66.9 Å². The normalized spacial score (nSPS) is 16.9. The molecular formula is C33H44N4O5S. The van der Waals surface area contributed by atoms with Crippen molar-refractivity contribution >= 4 is 39.8 Å². The van der Waals surface area contributed by atoms with E-state index in [-0.39, 0.29) is 49.9 Å². The van der Waals surface area contributed by atoms with Crippen LogP contribution in [0.15, 0.2) is 60.0 Å². The lowest BCUT2D eigenvalue weighted by atomic mass is 9.99. The largest absolute Gasteiger partial charge is 0.392 e. The number of ether oxygens (including phenoxy) is 1. The van der Waals surface area contributed by atoms with E-state index in [2.05, 4.69) is 10.6 Å². The third-order valence-electron chi connectivity index (χ3n) is 7.94. The van der Waals surface area contributed by atoms with Crippen molar-refractivity contribution in [3.63, 3.8) is 0 Å². The number of thiophene rings is 1. The molecule has 0 unspecified atom stereocenters. The Labute approximate surface area is 258 Å². The number of rotatable bonds is 15. The van der Waals surface area contributed by atoms with Gasteiger partial charge in [-0.3, -0.25) is 14.4 Å². The molecule has 0 spiro atoms. The quantitative estimate of drug-likeness (QED) is 0.245. The zero-order valence-electron chi connectivity index (χ0n) is 25.3. The van der Waals surface area contributed by atoms with Crippen molar-refractivity contribution in [3.8, 4) is 0 Å². The zero-order chi connectivity index (χ0) is 30.8. The van der Waals surface area contributed by atoms with Gasteiger partial charge in [-0.25, -0.2) is 0 Å². The summed E-state index contributed by atoms with van der Waals surface area (Å²) in [5.41, 5.74) is 0.914. The van der Waals surface area contributed by atoms with E-state index < -0.39 is 18.2 Å². The first-order valence-corrected chi connectivity index (χ1v) is 16.0. The van der Waals surface area contributed by atoms with E-state index in [4.69, 9.17) is 4.74 Å². The molecule has 1 aromatic heterocycles. The maximum atomic E-state index is 14.4. The highest BCUT2D eigenvalue weighted by molar-refractivity contribution is 7.09. The Morgan fingerprint density at radius 3 is 2.56 bits per heavy atom. The molecule has 43 heavy (non-hydrogen) atoms. The van der Waals surface area contributed by atoms with Gasteiger partial charge in [0.1, 0.15) is 18.7 Å². The van der Waals surface area contributed by atoms with Gasteiger partial charge >= 0.3 is 0 Å². The Morgan fingerprint density at radius 1 is 1.09 bits per heavy atom. The Kier molecular flexibility index (Phi) is 12.1. The monoisotopic (exact) mass is 608 g/mol. The van der Waals surface area contributed by atoms with Crippen molar-refractivity contribution in [3.05, 3.63) is 70.4 Å². The predicted octanol–water partition coefficient (Wildman–Crippen LogP) is 3.00. The topological polar surface area (TPSA) is 111 Å². The van der Waals surface area contributed by atoms with E-state index >= 15 is 0 Å². The number of amides is 3. The molecule has 0 bridgehead atoms. The molecule has 2 aromatic carbocycles. The average molecular weight is 609 g/mol. The zero-order valence-corrected chi connectivity index (χ0v) is 26.1. The lowest BCUT2D eigenvalue weighted by Crippen LogP contribution is -2.58. The first kappa shape index (κ1) is 32.6. The molecule has 2 heterocycles. The van der Waals surface area contributed by atoms with Crippen LogP contribution in [0.4, 0.5) is 0 Å². The van der Waals surface area contributed by atoms with E-state index in [1.54, 1.807) is 18.9 Å². The Balaban J connectivity index is 1.60. The number of nitrogens with zero attached hydrogens (tertiary/aromatic N) is 2. The molecule has 4 rings (SSSR count). The van der Waals surface area contributed by atoms with Gasteiger partial charge in [0, 0.05) is 43.9 Å². The molecule has 3 amide bonds. The number of likely N-dealkylation sites (N-methyl/N-ethyl adjacent to an activating group) is 2. The van der Waals surface area contributed by atoms with Crippen LogP contribution in [0.25, 0.3) is 10.8 Å². The van der Waals surface area contributed by atoms with Crippen LogP contribution < -0.4 is 10.6 Å². The van der Waals surface area contributed by atoms with Crippen molar-refractivity contribution in [1.82, 2.24) is 20.4 Å². The maximum absolute atomic E-state index is 14.4. The minimum atomic E-state index is -0.850. The molecule has 9 nitrogen and oxygen atoms in total. The summed E-state index contributed by atoms with van der Waals surface area (Å²) in [7, 11) is 1.64. The second-order valence-electron chi connectivity index (χ2n) is 11.2. The first-order valence-electron chi connectivity index (χ1n) is 15.1. The molecule has 0 aliphatic carbocycles. The molecule has 3 N–H and O–H groups in total. The number of carbonyl (C=O) groups is 3. The first-order chi connectivity index (χ1) is 20.8. The summed E-state index contributed by atoms with van der Waals surface area (Å²) in [4.78, 5) is 45.3. The minimum absolute atomic E-state index is 0.0810. The number of carbonyl (C=O) groups excluding carboxylic acids is 3.